The molecule has 0 heterocycles. The van der Waals surface area contributed by atoms with Crippen LogP contribution in [-0.4, -0.2) is 37.6 Å². The lowest BCUT2D eigenvalue weighted by atomic mass is 9.94. The molecule has 2 atom stereocenters. The maximum atomic E-state index is 3.62. The molecule has 2 heteroatoms. The van der Waals surface area contributed by atoms with Crippen LogP contribution in [0.3, 0.4) is 0 Å². The number of unbranched alkanes of at least 4 members (excludes halogenated alkanes) is 1. The first-order valence-corrected chi connectivity index (χ1v) is 7.07. The molecule has 0 amide bonds. The summed E-state index contributed by atoms with van der Waals surface area (Å²) < 4.78 is 0. The molecule has 0 saturated heterocycles. The lowest BCUT2D eigenvalue weighted by Gasteiger charge is -2.24. The quantitative estimate of drug-likeness (QED) is 0.578. The van der Waals surface area contributed by atoms with Gasteiger partial charge in [-0.3, -0.25) is 0 Å². The third-order valence-corrected chi connectivity index (χ3v) is 3.64. The second-order valence-corrected chi connectivity index (χ2v) is 4.94. The van der Waals surface area contributed by atoms with Crippen molar-refractivity contribution in [3.05, 3.63) is 0 Å². The molecule has 0 aliphatic rings. The minimum Gasteiger partial charge on any atom is -0.314 e. The second kappa shape index (κ2) is 10.1. The summed E-state index contributed by atoms with van der Waals surface area (Å²) in [4.78, 5) is 2.39. The van der Waals surface area contributed by atoms with Gasteiger partial charge in [0.15, 0.2) is 0 Å². The van der Waals surface area contributed by atoms with Crippen molar-refractivity contribution in [2.45, 2.75) is 59.4 Å². The Kier molecular flexibility index (Phi) is 10.0. The van der Waals surface area contributed by atoms with Crippen molar-refractivity contribution in [3.8, 4) is 0 Å². The molecule has 16 heavy (non-hydrogen) atoms. The van der Waals surface area contributed by atoms with Crippen LogP contribution in [0.25, 0.3) is 0 Å². The van der Waals surface area contributed by atoms with Crippen molar-refractivity contribution >= 4 is 0 Å². The summed E-state index contributed by atoms with van der Waals surface area (Å²) in [6.45, 7) is 12.6. The third-order valence-electron chi connectivity index (χ3n) is 3.64. The standard InChI is InChI=1S/C14H32N2/c1-6-13(4)14(15-7-2)11-9-10-12-16(5)8-3/h13-15H,6-12H2,1-5H3/t13-,14?/m0/s1. The first-order chi connectivity index (χ1) is 7.65. The van der Waals surface area contributed by atoms with Crippen LogP contribution in [0.5, 0.6) is 0 Å². The van der Waals surface area contributed by atoms with E-state index < -0.39 is 0 Å². The van der Waals surface area contributed by atoms with Crippen LogP contribution < -0.4 is 5.32 Å². The summed E-state index contributed by atoms with van der Waals surface area (Å²) in [6, 6.07) is 0.724. The zero-order chi connectivity index (χ0) is 12.4. The Labute approximate surface area is 103 Å². The Balaban J connectivity index is 3.67. The van der Waals surface area contributed by atoms with Crippen LogP contribution >= 0.6 is 0 Å². The summed E-state index contributed by atoms with van der Waals surface area (Å²) in [5.74, 6) is 0.809. The van der Waals surface area contributed by atoms with Gasteiger partial charge in [-0.05, 0) is 45.4 Å². The van der Waals surface area contributed by atoms with Gasteiger partial charge in [0.1, 0.15) is 0 Å². The van der Waals surface area contributed by atoms with Crippen LogP contribution in [-0.2, 0) is 0 Å². The first kappa shape index (κ1) is 15.9. The van der Waals surface area contributed by atoms with Crippen LogP contribution in [0.1, 0.15) is 53.4 Å². The van der Waals surface area contributed by atoms with Gasteiger partial charge in [-0.25, -0.2) is 0 Å². The Bertz CT molecular complexity index is 148. The molecule has 0 rings (SSSR count). The zero-order valence-electron chi connectivity index (χ0n) is 12.1. The maximum absolute atomic E-state index is 3.62. The molecule has 0 aromatic heterocycles. The molecule has 0 aromatic carbocycles. The molecule has 0 aromatic rings. The largest absolute Gasteiger partial charge is 0.314 e. The summed E-state index contributed by atoms with van der Waals surface area (Å²) in [6.07, 6.45) is 5.31. The van der Waals surface area contributed by atoms with Crippen molar-refractivity contribution in [2.75, 3.05) is 26.7 Å². The van der Waals surface area contributed by atoms with E-state index in [1.165, 1.54) is 38.8 Å². The topological polar surface area (TPSA) is 15.3 Å². The molecule has 1 N–H and O–H groups in total. The van der Waals surface area contributed by atoms with E-state index in [1.54, 1.807) is 0 Å². The molecule has 98 valence electrons. The number of rotatable bonds is 10. The summed E-state index contributed by atoms with van der Waals surface area (Å²) in [5, 5.41) is 3.62. The van der Waals surface area contributed by atoms with Gasteiger partial charge in [-0.1, -0.05) is 40.5 Å². The molecule has 0 spiro atoms. The van der Waals surface area contributed by atoms with E-state index >= 15 is 0 Å². The summed E-state index contributed by atoms with van der Waals surface area (Å²) in [7, 11) is 2.20. The molecule has 0 bridgehead atoms. The summed E-state index contributed by atoms with van der Waals surface area (Å²) in [5.41, 5.74) is 0. The van der Waals surface area contributed by atoms with E-state index in [2.05, 4.69) is 45.0 Å². The third kappa shape index (κ3) is 7.24. The predicted octanol–water partition coefficient (Wildman–Crippen LogP) is 3.13. The molecule has 0 radical (unpaired) electrons. The van der Waals surface area contributed by atoms with Crippen molar-refractivity contribution in [1.82, 2.24) is 10.2 Å². The smallest absolute Gasteiger partial charge is 0.00924 e. The highest BCUT2D eigenvalue weighted by Gasteiger charge is 2.13. The minimum absolute atomic E-state index is 0.724. The van der Waals surface area contributed by atoms with Crippen molar-refractivity contribution in [2.24, 2.45) is 5.92 Å². The highest BCUT2D eigenvalue weighted by molar-refractivity contribution is 4.72. The van der Waals surface area contributed by atoms with Gasteiger partial charge in [0.25, 0.3) is 0 Å². The molecular weight excluding hydrogens is 196 g/mol. The van der Waals surface area contributed by atoms with Crippen LogP contribution in [0.2, 0.25) is 0 Å². The van der Waals surface area contributed by atoms with Crippen LogP contribution in [0.15, 0.2) is 0 Å². The minimum atomic E-state index is 0.724. The van der Waals surface area contributed by atoms with Gasteiger partial charge in [0.2, 0.25) is 0 Å². The van der Waals surface area contributed by atoms with Gasteiger partial charge in [0.05, 0.1) is 0 Å². The van der Waals surface area contributed by atoms with E-state index in [0.29, 0.717) is 0 Å². The van der Waals surface area contributed by atoms with Gasteiger partial charge < -0.3 is 10.2 Å². The Morgan fingerprint density at radius 1 is 1.12 bits per heavy atom. The molecule has 1 unspecified atom stereocenters. The van der Waals surface area contributed by atoms with E-state index in [9.17, 15) is 0 Å². The summed E-state index contributed by atoms with van der Waals surface area (Å²) >= 11 is 0. The fraction of sp³-hybridized carbons (Fsp3) is 1.00. The highest BCUT2D eigenvalue weighted by atomic mass is 15.1. The lowest BCUT2D eigenvalue weighted by molar-refractivity contribution is 0.314. The highest BCUT2D eigenvalue weighted by Crippen LogP contribution is 2.14. The van der Waals surface area contributed by atoms with Gasteiger partial charge in [-0.2, -0.15) is 0 Å². The SMILES string of the molecule is CCNC(CCCCN(C)CC)[C@@H](C)CC. The molecule has 0 saturated carbocycles. The average molecular weight is 228 g/mol. The van der Waals surface area contributed by atoms with Gasteiger partial charge in [-0.15, -0.1) is 0 Å². The van der Waals surface area contributed by atoms with Crippen LogP contribution in [0, 0.1) is 5.92 Å². The van der Waals surface area contributed by atoms with E-state index in [1.807, 2.05) is 0 Å². The molecule has 0 fully saturated rings. The second-order valence-electron chi connectivity index (χ2n) is 4.94. The fourth-order valence-corrected chi connectivity index (χ4v) is 2.04. The monoisotopic (exact) mass is 228 g/mol. The van der Waals surface area contributed by atoms with Gasteiger partial charge >= 0.3 is 0 Å². The molecule has 0 aliphatic heterocycles. The fourth-order valence-electron chi connectivity index (χ4n) is 2.04. The average Bonchev–Trinajstić information content (AvgIpc) is 2.31. The normalized spacial score (nSPS) is 15.4. The molecular formula is C14H32N2. The first-order valence-electron chi connectivity index (χ1n) is 7.07. The zero-order valence-corrected chi connectivity index (χ0v) is 12.1. The number of nitrogens with one attached hydrogen (secondary N) is 1. The van der Waals surface area contributed by atoms with Crippen molar-refractivity contribution in [1.29, 1.82) is 0 Å². The van der Waals surface area contributed by atoms with Crippen molar-refractivity contribution in [3.63, 3.8) is 0 Å². The van der Waals surface area contributed by atoms with Gasteiger partial charge in [0, 0.05) is 6.04 Å². The molecule has 2 nitrogen and oxygen atoms in total. The Morgan fingerprint density at radius 2 is 1.81 bits per heavy atom. The predicted molar refractivity (Wildman–Crippen MR) is 73.9 cm³/mol. The number of hydrogen-bond acceptors (Lipinski definition) is 2. The van der Waals surface area contributed by atoms with E-state index in [-0.39, 0.29) is 0 Å². The van der Waals surface area contributed by atoms with Crippen molar-refractivity contribution < 1.29 is 0 Å². The lowest BCUT2D eigenvalue weighted by Crippen LogP contribution is -2.34. The molecule has 0 aliphatic carbocycles. The number of nitrogens with zero attached hydrogens (tertiary/aromatic N) is 1. The Morgan fingerprint density at radius 3 is 2.31 bits per heavy atom. The van der Waals surface area contributed by atoms with Crippen LogP contribution in [0.4, 0.5) is 0 Å². The van der Waals surface area contributed by atoms with E-state index in [0.717, 1.165) is 18.5 Å². The van der Waals surface area contributed by atoms with E-state index in [4.69, 9.17) is 0 Å². The number of hydrogen-bond donors (Lipinski definition) is 1. The Hall–Kier alpha value is -0.0800. The maximum Gasteiger partial charge on any atom is 0.00924 e.